The van der Waals surface area contributed by atoms with Crippen LogP contribution in [-0.2, 0) is 4.79 Å². The average Bonchev–Trinajstić information content (AvgIpc) is 2.72. The van der Waals surface area contributed by atoms with E-state index in [4.69, 9.17) is 27.4 Å². The second kappa shape index (κ2) is 5.77. The molecule has 0 aliphatic heterocycles. The molecule has 7 heteroatoms. The molecule has 0 bridgehead atoms. The van der Waals surface area contributed by atoms with Gasteiger partial charge in [-0.25, -0.2) is 0 Å². The molecule has 21 heavy (non-hydrogen) atoms. The maximum Gasteiger partial charge on any atom is 0.240 e. The van der Waals surface area contributed by atoms with Crippen LogP contribution in [-0.4, -0.2) is 29.7 Å². The number of imidazole rings is 1. The van der Waals surface area contributed by atoms with Gasteiger partial charge in [0.25, 0.3) is 0 Å². The van der Waals surface area contributed by atoms with E-state index in [1.54, 1.807) is 30.9 Å². The van der Waals surface area contributed by atoms with E-state index in [-0.39, 0.29) is 5.92 Å². The van der Waals surface area contributed by atoms with Gasteiger partial charge in [-0.2, -0.15) is 0 Å². The predicted octanol–water partition coefficient (Wildman–Crippen LogP) is 2.40. The van der Waals surface area contributed by atoms with Crippen molar-refractivity contribution in [3.05, 3.63) is 16.9 Å². The van der Waals surface area contributed by atoms with Gasteiger partial charge in [-0.3, -0.25) is 4.79 Å². The summed E-state index contributed by atoms with van der Waals surface area (Å²) < 4.78 is 12.8. The molecule has 114 valence electrons. The van der Waals surface area contributed by atoms with Gasteiger partial charge in [0.15, 0.2) is 16.3 Å². The van der Waals surface area contributed by atoms with E-state index in [1.165, 1.54) is 0 Å². The maximum atomic E-state index is 11.8. The standard InChI is InChI=1S/C14H19N3O3S/c1-7(2)12(13(15)18)17-9-6-11(20-4)10(19-3)5-8(9)16-14(17)21/h5-7,12H,1-4H3,(H2,15,18)(H,16,21). The van der Waals surface area contributed by atoms with Crippen molar-refractivity contribution in [2.24, 2.45) is 11.7 Å². The Morgan fingerprint density at radius 2 is 1.86 bits per heavy atom. The molecule has 2 aromatic rings. The summed E-state index contributed by atoms with van der Waals surface area (Å²) in [5.74, 6) is 0.756. The molecule has 3 N–H and O–H groups in total. The normalized spacial score (nSPS) is 12.6. The Balaban J connectivity index is 2.77. The third-order valence-electron chi connectivity index (χ3n) is 3.42. The fraction of sp³-hybridized carbons (Fsp3) is 0.429. The van der Waals surface area contributed by atoms with E-state index in [2.05, 4.69) is 4.98 Å². The van der Waals surface area contributed by atoms with Crippen LogP contribution >= 0.6 is 12.2 Å². The molecule has 0 fully saturated rings. The van der Waals surface area contributed by atoms with Gasteiger partial charge in [0.05, 0.1) is 25.3 Å². The average molecular weight is 309 g/mol. The summed E-state index contributed by atoms with van der Waals surface area (Å²) in [4.78, 5) is 14.9. The van der Waals surface area contributed by atoms with Crippen LogP contribution in [0.5, 0.6) is 11.5 Å². The summed E-state index contributed by atoms with van der Waals surface area (Å²) in [6.07, 6.45) is 0. The fourth-order valence-electron chi connectivity index (χ4n) is 2.48. The van der Waals surface area contributed by atoms with E-state index in [9.17, 15) is 4.79 Å². The second-order valence-electron chi connectivity index (χ2n) is 5.12. The second-order valence-corrected chi connectivity index (χ2v) is 5.50. The summed E-state index contributed by atoms with van der Waals surface area (Å²) in [6, 6.07) is 3.06. The Hall–Kier alpha value is -2.02. The molecule has 1 aromatic heterocycles. The molecule has 0 aliphatic rings. The topological polar surface area (TPSA) is 82.3 Å². The lowest BCUT2D eigenvalue weighted by molar-refractivity contribution is -0.122. The van der Waals surface area contributed by atoms with Gasteiger partial charge in [-0.05, 0) is 18.1 Å². The van der Waals surface area contributed by atoms with Gasteiger partial charge in [-0.15, -0.1) is 0 Å². The quantitative estimate of drug-likeness (QED) is 0.831. The molecule has 6 nitrogen and oxygen atoms in total. The van der Waals surface area contributed by atoms with Gasteiger partial charge in [0, 0.05) is 12.1 Å². The van der Waals surface area contributed by atoms with Gasteiger partial charge in [-0.1, -0.05) is 13.8 Å². The first-order valence-electron chi connectivity index (χ1n) is 6.56. The predicted molar refractivity (Wildman–Crippen MR) is 83.3 cm³/mol. The highest BCUT2D eigenvalue weighted by molar-refractivity contribution is 7.71. The van der Waals surface area contributed by atoms with Crippen LogP contribution in [0, 0.1) is 10.7 Å². The van der Waals surface area contributed by atoms with Gasteiger partial charge < -0.3 is 24.8 Å². The number of methoxy groups -OCH3 is 2. The highest BCUT2D eigenvalue weighted by Gasteiger charge is 2.25. The minimum absolute atomic E-state index is 0.0151. The third-order valence-corrected chi connectivity index (χ3v) is 3.72. The number of ether oxygens (including phenoxy) is 2. The number of amides is 1. The number of hydrogen-bond acceptors (Lipinski definition) is 4. The van der Waals surface area contributed by atoms with Crippen LogP contribution in [0.1, 0.15) is 19.9 Å². The number of nitrogens with two attached hydrogens (primary N) is 1. The van der Waals surface area contributed by atoms with Gasteiger partial charge in [0.2, 0.25) is 5.91 Å². The third kappa shape index (κ3) is 2.61. The largest absolute Gasteiger partial charge is 0.493 e. The molecule has 0 spiro atoms. The summed E-state index contributed by atoms with van der Waals surface area (Å²) in [5.41, 5.74) is 7.07. The number of aromatic nitrogens is 2. The van der Waals surface area contributed by atoms with Crippen LogP contribution < -0.4 is 15.2 Å². The molecule has 1 amide bonds. The monoisotopic (exact) mass is 309 g/mol. The number of carbonyl (C=O) groups is 1. The Labute approximate surface area is 127 Å². The first-order chi connectivity index (χ1) is 9.90. The van der Waals surface area contributed by atoms with Gasteiger partial charge in [0.1, 0.15) is 6.04 Å². The lowest BCUT2D eigenvalue weighted by Crippen LogP contribution is -2.30. The number of rotatable bonds is 5. The maximum absolute atomic E-state index is 11.8. The van der Waals surface area contributed by atoms with Crippen molar-refractivity contribution in [3.8, 4) is 11.5 Å². The highest BCUT2D eigenvalue weighted by Crippen LogP contribution is 2.34. The fourth-order valence-corrected chi connectivity index (χ4v) is 2.80. The lowest BCUT2D eigenvalue weighted by Gasteiger charge is -2.20. The number of fused-ring (bicyclic) bond motifs is 1. The van der Waals surface area contributed by atoms with Crippen molar-refractivity contribution in [1.82, 2.24) is 9.55 Å². The molecule has 1 atom stereocenters. The molecule has 1 unspecified atom stereocenters. The Kier molecular flexibility index (Phi) is 4.22. The number of carbonyl (C=O) groups excluding carboxylic acids is 1. The Morgan fingerprint density at radius 1 is 1.29 bits per heavy atom. The van der Waals surface area contributed by atoms with Crippen molar-refractivity contribution < 1.29 is 14.3 Å². The number of aromatic amines is 1. The minimum atomic E-state index is -0.524. The number of benzene rings is 1. The van der Waals surface area contributed by atoms with Crippen LogP contribution in [0.2, 0.25) is 0 Å². The molecule has 1 aromatic carbocycles. The smallest absolute Gasteiger partial charge is 0.240 e. The van der Waals surface area contributed by atoms with E-state index in [0.717, 1.165) is 11.0 Å². The van der Waals surface area contributed by atoms with Gasteiger partial charge >= 0.3 is 0 Å². The molecular weight excluding hydrogens is 290 g/mol. The zero-order chi connectivity index (χ0) is 15.7. The molecule has 1 heterocycles. The van der Waals surface area contributed by atoms with Crippen LogP contribution in [0.3, 0.4) is 0 Å². The number of nitrogens with zero attached hydrogens (tertiary/aromatic N) is 1. The summed E-state index contributed by atoms with van der Waals surface area (Å²) in [5, 5.41) is 0. The van der Waals surface area contributed by atoms with E-state index in [1.807, 2.05) is 13.8 Å². The highest BCUT2D eigenvalue weighted by atomic mass is 32.1. The number of primary amides is 1. The molecule has 0 radical (unpaired) electrons. The molecule has 2 rings (SSSR count). The SMILES string of the molecule is COc1cc2[nH]c(=S)n(C(C(N)=O)C(C)C)c2cc1OC. The number of H-pyrrole nitrogens is 1. The van der Waals surface area contributed by atoms with Crippen LogP contribution in [0.25, 0.3) is 11.0 Å². The van der Waals surface area contributed by atoms with Crippen molar-refractivity contribution in [1.29, 1.82) is 0 Å². The molecular formula is C14H19N3O3S. The molecule has 0 saturated carbocycles. The van der Waals surface area contributed by atoms with Crippen molar-refractivity contribution in [2.75, 3.05) is 14.2 Å². The van der Waals surface area contributed by atoms with Crippen LogP contribution in [0.4, 0.5) is 0 Å². The molecule has 0 saturated heterocycles. The van der Waals surface area contributed by atoms with E-state index < -0.39 is 11.9 Å². The summed E-state index contributed by atoms with van der Waals surface area (Å²) in [7, 11) is 3.12. The van der Waals surface area contributed by atoms with Crippen molar-refractivity contribution in [3.63, 3.8) is 0 Å². The Morgan fingerprint density at radius 3 is 2.33 bits per heavy atom. The molecule has 0 aliphatic carbocycles. The van der Waals surface area contributed by atoms with E-state index in [0.29, 0.717) is 16.3 Å². The minimum Gasteiger partial charge on any atom is -0.493 e. The van der Waals surface area contributed by atoms with Crippen LogP contribution in [0.15, 0.2) is 12.1 Å². The summed E-state index contributed by atoms with van der Waals surface area (Å²) >= 11 is 5.34. The van der Waals surface area contributed by atoms with E-state index >= 15 is 0 Å². The first kappa shape index (κ1) is 15.4. The zero-order valence-electron chi connectivity index (χ0n) is 12.5. The first-order valence-corrected chi connectivity index (χ1v) is 6.97. The van der Waals surface area contributed by atoms with Crippen molar-refractivity contribution >= 4 is 29.2 Å². The number of hydrogen-bond donors (Lipinski definition) is 2. The summed E-state index contributed by atoms with van der Waals surface area (Å²) in [6.45, 7) is 3.85. The number of nitrogens with one attached hydrogen (secondary N) is 1. The Bertz CT molecular complexity index is 733. The lowest BCUT2D eigenvalue weighted by atomic mass is 10.0. The zero-order valence-corrected chi connectivity index (χ0v) is 13.3. The van der Waals surface area contributed by atoms with Crippen molar-refractivity contribution in [2.45, 2.75) is 19.9 Å².